The van der Waals surface area contributed by atoms with Crippen molar-refractivity contribution in [2.75, 3.05) is 17.6 Å². The van der Waals surface area contributed by atoms with Crippen molar-refractivity contribution in [3.05, 3.63) is 27.1 Å². The van der Waals surface area contributed by atoms with Gasteiger partial charge in [-0.2, -0.15) is 0 Å². The van der Waals surface area contributed by atoms with Gasteiger partial charge in [0, 0.05) is 15.5 Å². The molecule has 0 atom stereocenters. The summed E-state index contributed by atoms with van der Waals surface area (Å²) in [5, 5.41) is 7.87. The molecule has 1 aromatic rings. The number of benzene rings is 1. The molecule has 0 aromatic heterocycles. The molecule has 0 unspecified atom stereocenters. The highest BCUT2D eigenvalue weighted by Gasteiger charge is 2.06. The Kier molecular flexibility index (Phi) is 4.57. The van der Waals surface area contributed by atoms with Crippen molar-refractivity contribution in [2.24, 2.45) is 5.14 Å². The summed E-state index contributed by atoms with van der Waals surface area (Å²) >= 11 is 6.71. The molecule has 84 valence electrons. The summed E-state index contributed by atoms with van der Waals surface area (Å²) in [6, 6.07) is 5.60. The molecule has 0 heterocycles. The normalized spacial score (nSPS) is 11.4. The molecule has 1 rings (SSSR count). The Bertz CT molecular complexity index is 428. The number of sulfonamides is 1. The molecule has 7 heteroatoms. The van der Waals surface area contributed by atoms with Crippen molar-refractivity contribution in [3.8, 4) is 0 Å². The number of para-hydroxylation sites is 1. The van der Waals surface area contributed by atoms with Crippen LogP contribution in [0.1, 0.15) is 0 Å². The lowest BCUT2D eigenvalue weighted by molar-refractivity contribution is 0.598. The van der Waals surface area contributed by atoms with E-state index < -0.39 is 10.0 Å². The molecule has 0 radical (unpaired) electrons. The van der Waals surface area contributed by atoms with Crippen molar-refractivity contribution in [1.82, 2.24) is 0 Å². The zero-order valence-corrected chi connectivity index (χ0v) is 11.7. The van der Waals surface area contributed by atoms with E-state index >= 15 is 0 Å². The van der Waals surface area contributed by atoms with E-state index in [4.69, 9.17) is 5.14 Å². The lowest BCUT2D eigenvalue weighted by Gasteiger charge is -2.09. The van der Waals surface area contributed by atoms with E-state index in [1.165, 1.54) is 0 Å². The number of primary sulfonamides is 1. The number of hydrogen-bond acceptors (Lipinski definition) is 3. The third kappa shape index (κ3) is 4.50. The summed E-state index contributed by atoms with van der Waals surface area (Å²) in [5.41, 5.74) is 0.821. The van der Waals surface area contributed by atoms with Crippen LogP contribution in [-0.2, 0) is 10.0 Å². The Morgan fingerprint density at radius 1 is 1.27 bits per heavy atom. The van der Waals surface area contributed by atoms with Crippen molar-refractivity contribution < 1.29 is 8.42 Å². The van der Waals surface area contributed by atoms with Crippen LogP contribution in [0.15, 0.2) is 27.1 Å². The molecular formula is C8H10Br2N2O2S. The van der Waals surface area contributed by atoms with Gasteiger partial charge in [-0.1, -0.05) is 6.07 Å². The number of anilines is 1. The summed E-state index contributed by atoms with van der Waals surface area (Å²) < 4.78 is 23.1. The topological polar surface area (TPSA) is 72.2 Å². The second kappa shape index (κ2) is 5.29. The van der Waals surface area contributed by atoms with Crippen LogP contribution in [0, 0.1) is 0 Å². The van der Waals surface area contributed by atoms with E-state index in [1.807, 2.05) is 18.2 Å². The largest absolute Gasteiger partial charge is 0.382 e. The summed E-state index contributed by atoms with van der Waals surface area (Å²) in [6.45, 7) is 0.278. The molecule has 0 aliphatic rings. The molecule has 0 saturated heterocycles. The molecule has 15 heavy (non-hydrogen) atoms. The minimum absolute atomic E-state index is 0.0965. The summed E-state index contributed by atoms with van der Waals surface area (Å²) in [6.07, 6.45) is 0. The minimum atomic E-state index is -3.41. The zero-order chi connectivity index (χ0) is 11.5. The second-order valence-electron chi connectivity index (χ2n) is 2.89. The highest BCUT2D eigenvalue weighted by Crippen LogP contribution is 2.30. The summed E-state index contributed by atoms with van der Waals surface area (Å²) in [5.74, 6) is -0.0965. The maximum atomic E-state index is 10.7. The monoisotopic (exact) mass is 356 g/mol. The van der Waals surface area contributed by atoms with Crippen LogP contribution in [0.3, 0.4) is 0 Å². The van der Waals surface area contributed by atoms with E-state index in [0.717, 1.165) is 14.6 Å². The third-order valence-electron chi connectivity index (χ3n) is 1.65. The average Bonchev–Trinajstić information content (AvgIpc) is 2.08. The van der Waals surface area contributed by atoms with Crippen molar-refractivity contribution in [3.63, 3.8) is 0 Å². The summed E-state index contributed by atoms with van der Waals surface area (Å²) in [4.78, 5) is 0. The van der Waals surface area contributed by atoms with Gasteiger partial charge in [-0.25, -0.2) is 13.6 Å². The third-order valence-corrected chi connectivity index (χ3v) is 3.75. The molecule has 1 aromatic carbocycles. The molecule has 0 bridgehead atoms. The smallest absolute Gasteiger partial charge is 0.210 e. The van der Waals surface area contributed by atoms with Gasteiger partial charge >= 0.3 is 0 Å². The Balaban J connectivity index is 2.66. The standard InChI is InChI=1S/C8H10Br2N2O2S/c9-6-2-1-3-7(10)8(6)12-4-5-15(11,13)14/h1-3,12H,4-5H2,(H2,11,13,14). The number of nitrogens with one attached hydrogen (secondary N) is 1. The predicted octanol–water partition coefficient (Wildman–Crippen LogP) is 1.91. The van der Waals surface area contributed by atoms with Crippen molar-refractivity contribution in [1.29, 1.82) is 0 Å². The van der Waals surface area contributed by atoms with Crippen LogP contribution in [0.2, 0.25) is 0 Å². The second-order valence-corrected chi connectivity index (χ2v) is 6.33. The van der Waals surface area contributed by atoms with Crippen molar-refractivity contribution in [2.45, 2.75) is 0 Å². The fourth-order valence-corrected chi connectivity index (χ4v) is 2.65. The predicted molar refractivity (Wildman–Crippen MR) is 68.3 cm³/mol. The highest BCUT2D eigenvalue weighted by molar-refractivity contribution is 9.11. The van der Waals surface area contributed by atoms with E-state index in [1.54, 1.807) is 0 Å². The van der Waals surface area contributed by atoms with Gasteiger partial charge in [0.05, 0.1) is 11.4 Å². The first-order valence-corrected chi connectivity index (χ1v) is 7.38. The van der Waals surface area contributed by atoms with Gasteiger partial charge in [0.15, 0.2) is 0 Å². The number of nitrogens with two attached hydrogens (primary N) is 1. The number of halogens is 2. The molecular weight excluding hydrogens is 348 g/mol. The van der Waals surface area contributed by atoms with Crippen LogP contribution >= 0.6 is 31.9 Å². The lowest BCUT2D eigenvalue weighted by atomic mass is 10.3. The maximum Gasteiger partial charge on any atom is 0.210 e. The van der Waals surface area contributed by atoms with Crippen LogP contribution in [0.25, 0.3) is 0 Å². The molecule has 0 aliphatic carbocycles. The molecule has 4 nitrogen and oxygen atoms in total. The number of rotatable bonds is 4. The molecule has 3 N–H and O–H groups in total. The van der Waals surface area contributed by atoms with E-state index in [0.29, 0.717) is 0 Å². The van der Waals surface area contributed by atoms with Gasteiger partial charge in [0.2, 0.25) is 10.0 Å². The lowest BCUT2D eigenvalue weighted by Crippen LogP contribution is -2.22. The van der Waals surface area contributed by atoms with Crippen LogP contribution in [0.5, 0.6) is 0 Å². The van der Waals surface area contributed by atoms with Gasteiger partial charge in [-0.05, 0) is 44.0 Å². The first-order chi connectivity index (χ1) is 6.90. The molecule has 0 amide bonds. The molecule has 0 saturated carbocycles. The first-order valence-electron chi connectivity index (χ1n) is 4.08. The first kappa shape index (κ1) is 13.0. The molecule has 0 aliphatic heterocycles. The fraction of sp³-hybridized carbons (Fsp3) is 0.250. The van der Waals surface area contributed by atoms with Gasteiger partial charge in [-0.3, -0.25) is 0 Å². The van der Waals surface area contributed by atoms with Gasteiger partial charge in [0.1, 0.15) is 0 Å². The Morgan fingerprint density at radius 2 is 1.80 bits per heavy atom. The van der Waals surface area contributed by atoms with E-state index in [-0.39, 0.29) is 12.3 Å². The molecule has 0 fully saturated rings. The highest BCUT2D eigenvalue weighted by atomic mass is 79.9. The van der Waals surface area contributed by atoms with Crippen LogP contribution in [-0.4, -0.2) is 20.7 Å². The van der Waals surface area contributed by atoms with Crippen molar-refractivity contribution >= 4 is 47.6 Å². The number of hydrogen-bond donors (Lipinski definition) is 2. The van der Waals surface area contributed by atoms with Gasteiger partial charge < -0.3 is 5.32 Å². The average molecular weight is 358 g/mol. The van der Waals surface area contributed by atoms with E-state index in [2.05, 4.69) is 37.2 Å². The van der Waals surface area contributed by atoms with Gasteiger partial charge in [0.25, 0.3) is 0 Å². The quantitative estimate of drug-likeness (QED) is 0.864. The Morgan fingerprint density at radius 3 is 2.27 bits per heavy atom. The molecule has 0 spiro atoms. The fourth-order valence-electron chi connectivity index (χ4n) is 0.985. The minimum Gasteiger partial charge on any atom is -0.382 e. The Labute approximate surface area is 106 Å². The zero-order valence-electron chi connectivity index (χ0n) is 7.70. The van der Waals surface area contributed by atoms with Gasteiger partial charge in [-0.15, -0.1) is 0 Å². The van der Waals surface area contributed by atoms with Crippen LogP contribution in [0.4, 0.5) is 5.69 Å². The Hall–Kier alpha value is -0.110. The summed E-state index contributed by atoms with van der Waals surface area (Å²) in [7, 11) is -3.41. The maximum absolute atomic E-state index is 10.7. The van der Waals surface area contributed by atoms with E-state index in [9.17, 15) is 8.42 Å². The SMILES string of the molecule is NS(=O)(=O)CCNc1c(Br)cccc1Br. The van der Waals surface area contributed by atoms with Crippen LogP contribution < -0.4 is 10.5 Å².